The van der Waals surface area contributed by atoms with Gasteiger partial charge in [0.25, 0.3) is 5.56 Å². The molecule has 0 N–H and O–H groups in total. The standard InChI is InChI=1S/C9H8BrN5O3/c10-4-2-15-7-1-5(13-14-11)6(18-7)3-17-9(15)12-8(4)16/h2,5-7H,1,3H2/t5-,6+,7+/m0/s1. The van der Waals surface area contributed by atoms with Gasteiger partial charge in [-0.15, -0.1) is 0 Å². The summed E-state index contributed by atoms with van der Waals surface area (Å²) in [4.78, 5) is 18.0. The topological polar surface area (TPSA) is 102 Å². The molecule has 3 rings (SSSR count). The van der Waals surface area contributed by atoms with Gasteiger partial charge in [0, 0.05) is 17.5 Å². The lowest BCUT2D eigenvalue weighted by atomic mass is 10.1. The second-order valence-electron chi connectivity index (χ2n) is 4.03. The first-order valence-electron chi connectivity index (χ1n) is 5.30. The van der Waals surface area contributed by atoms with Crippen molar-refractivity contribution in [3.05, 3.63) is 31.5 Å². The number of rotatable bonds is 1. The molecule has 2 aliphatic heterocycles. The van der Waals surface area contributed by atoms with Crippen LogP contribution in [0.15, 0.2) is 20.6 Å². The van der Waals surface area contributed by atoms with E-state index in [1.54, 1.807) is 10.8 Å². The molecule has 8 nitrogen and oxygen atoms in total. The zero-order valence-electron chi connectivity index (χ0n) is 9.06. The van der Waals surface area contributed by atoms with Gasteiger partial charge in [0.1, 0.15) is 23.4 Å². The Morgan fingerprint density at radius 1 is 1.67 bits per heavy atom. The van der Waals surface area contributed by atoms with Gasteiger partial charge in [0.05, 0.1) is 6.04 Å². The Balaban J connectivity index is 2.03. The van der Waals surface area contributed by atoms with E-state index in [9.17, 15) is 4.79 Å². The maximum absolute atomic E-state index is 11.4. The maximum Gasteiger partial charge on any atom is 0.301 e. The van der Waals surface area contributed by atoms with Crippen molar-refractivity contribution >= 4 is 15.9 Å². The average molecular weight is 314 g/mol. The highest BCUT2D eigenvalue weighted by Gasteiger charge is 2.39. The molecule has 0 amide bonds. The van der Waals surface area contributed by atoms with Gasteiger partial charge < -0.3 is 9.47 Å². The monoisotopic (exact) mass is 313 g/mol. The summed E-state index contributed by atoms with van der Waals surface area (Å²) in [6.45, 7) is 0.217. The summed E-state index contributed by atoms with van der Waals surface area (Å²) in [6, 6.07) is -0.0264. The molecule has 0 aliphatic carbocycles. The van der Waals surface area contributed by atoms with Crippen molar-refractivity contribution in [2.24, 2.45) is 5.11 Å². The largest absolute Gasteiger partial charge is 0.462 e. The van der Waals surface area contributed by atoms with Crippen molar-refractivity contribution in [1.29, 1.82) is 0 Å². The van der Waals surface area contributed by atoms with Crippen molar-refractivity contribution < 1.29 is 9.47 Å². The first-order chi connectivity index (χ1) is 8.69. The molecule has 0 saturated carbocycles. The third-order valence-corrected chi connectivity index (χ3v) is 3.51. The van der Waals surface area contributed by atoms with Crippen molar-refractivity contribution in [2.75, 3.05) is 6.61 Å². The molecule has 1 aromatic heterocycles. The number of azide groups is 1. The Hall–Kier alpha value is -1.57. The van der Waals surface area contributed by atoms with Gasteiger partial charge in [0.2, 0.25) is 0 Å². The Bertz CT molecular complexity index is 596. The predicted molar refractivity (Wildman–Crippen MR) is 63.2 cm³/mol. The van der Waals surface area contributed by atoms with E-state index in [4.69, 9.17) is 15.0 Å². The molecule has 3 heterocycles. The smallest absolute Gasteiger partial charge is 0.301 e. The molecule has 2 bridgehead atoms. The average Bonchev–Trinajstić information content (AvgIpc) is 2.65. The highest BCUT2D eigenvalue weighted by atomic mass is 79.9. The van der Waals surface area contributed by atoms with Crippen LogP contribution in [0.4, 0.5) is 0 Å². The van der Waals surface area contributed by atoms with E-state index in [-0.39, 0.29) is 36.6 Å². The molecule has 1 saturated heterocycles. The van der Waals surface area contributed by atoms with Crippen LogP contribution < -0.4 is 10.3 Å². The van der Waals surface area contributed by atoms with Crippen LogP contribution in [-0.2, 0) is 4.74 Å². The number of nitrogens with zero attached hydrogens (tertiary/aromatic N) is 5. The Kier molecular flexibility index (Phi) is 2.73. The number of ether oxygens (including phenoxy) is 2. The van der Waals surface area contributed by atoms with Gasteiger partial charge in [-0.2, -0.15) is 4.98 Å². The van der Waals surface area contributed by atoms with Crippen molar-refractivity contribution in [3.8, 4) is 6.01 Å². The molecule has 18 heavy (non-hydrogen) atoms. The maximum atomic E-state index is 11.4. The molecule has 1 fully saturated rings. The molecule has 9 heteroatoms. The molecule has 94 valence electrons. The van der Waals surface area contributed by atoms with Crippen LogP contribution >= 0.6 is 15.9 Å². The summed E-state index contributed by atoms with van der Waals surface area (Å²) < 4.78 is 13.1. The fourth-order valence-corrected chi connectivity index (χ4v) is 2.43. The molecule has 3 atom stereocenters. The lowest BCUT2D eigenvalue weighted by Gasteiger charge is -2.16. The van der Waals surface area contributed by atoms with Crippen LogP contribution in [0, 0.1) is 0 Å². The third kappa shape index (κ3) is 1.76. The van der Waals surface area contributed by atoms with Crippen LogP contribution in [0.5, 0.6) is 6.01 Å². The van der Waals surface area contributed by atoms with Gasteiger partial charge in [-0.05, 0) is 21.5 Å². The summed E-state index contributed by atoms with van der Waals surface area (Å²) in [5, 5.41) is 3.69. The number of hydrogen-bond donors (Lipinski definition) is 0. The highest BCUT2D eigenvalue weighted by Crippen LogP contribution is 2.35. The van der Waals surface area contributed by atoms with E-state index in [1.165, 1.54) is 0 Å². The molecule has 0 spiro atoms. The van der Waals surface area contributed by atoms with Gasteiger partial charge in [-0.1, -0.05) is 5.11 Å². The zero-order chi connectivity index (χ0) is 12.7. The number of fused-ring (bicyclic) bond motifs is 4. The molecule has 2 aliphatic rings. The van der Waals surface area contributed by atoms with Gasteiger partial charge in [-0.25, -0.2) is 0 Å². The van der Waals surface area contributed by atoms with Crippen LogP contribution in [0.1, 0.15) is 12.6 Å². The SMILES string of the molecule is [N-]=[N+]=N[C@H]1C[C@H]2O[C@@H]1COc1nc(=O)c(Br)cn12. The lowest BCUT2D eigenvalue weighted by molar-refractivity contribution is 0.00186. The van der Waals surface area contributed by atoms with Gasteiger partial charge in [0.15, 0.2) is 0 Å². The number of aromatic nitrogens is 2. The molecular weight excluding hydrogens is 306 g/mol. The summed E-state index contributed by atoms with van der Waals surface area (Å²) in [7, 11) is 0. The summed E-state index contributed by atoms with van der Waals surface area (Å²) in [5.74, 6) is 0. The number of hydrogen-bond acceptors (Lipinski definition) is 5. The van der Waals surface area contributed by atoms with Crippen LogP contribution in [0.2, 0.25) is 0 Å². The van der Waals surface area contributed by atoms with Crippen LogP contribution in [0.25, 0.3) is 10.4 Å². The molecule has 0 unspecified atom stereocenters. The molecule has 1 aromatic rings. The van der Waals surface area contributed by atoms with Crippen molar-refractivity contribution in [1.82, 2.24) is 9.55 Å². The summed E-state index contributed by atoms with van der Waals surface area (Å²) >= 11 is 3.13. The minimum atomic E-state index is -0.384. The number of halogens is 1. The van der Waals surface area contributed by atoms with E-state index in [1.807, 2.05) is 0 Å². The Labute approximate surface area is 109 Å². The summed E-state index contributed by atoms with van der Waals surface area (Å²) in [6.07, 6.45) is 1.49. The highest BCUT2D eigenvalue weighted by molar-refractivity contribution is 9.10. The second-order valence-corrected chi connectivity index (χ2v) is 4.89. The van der Waals surface area contributed by atoms with Crippen LogP contribution in [-0.4, -0.2) is 28.3 Å². The molecule has 0 radical (unpaired) electrons. The van der Waals surface area contributed by atoms with E-state index in [0.29, 0.717) is 10.9 Å². The third-order valence-electron chi connectivity index (χ3n) is 2.97. The quantitative estimate of drug-likeness (QED) is 0.443. The first kappa shape index (κ1) is 11.5. The van der Waals surface area contributed by atoms with Gasteiger partial charge >= 0.3 is 6.01 Å². The normalized spacial score (nSPS) is 28.8. The van der Waals surface area contributed by atoms with Crippen LogP contribution in [0.3, 0.4) is 0 Å². The Morgan fingerprint density at radius 3 is 3.28 bits per heavy atom. The van der Waals surface area contributed by atoms with E-state index in [2.05, 4.69) is 30.9 Å². The first-order valence-corrected chi connectivity index (χ1v) is 6.09. The fourth-order valence-electron chi connectivity index (χ4n) is 2.12. The molecular formula is C9H8BrN5O3. The summed E-state index contributed by atoms with van der Waals surface area (Å²) in [5.41, 5.74) is 8.10. The van der Waals surface area contributed by atoms with Crippen molar-refractivity contribution in [2.45, 2.75) is 24.8 Å². The van der Waals surface area contributed by atoms with Crippen molar-refractivity contribution in [3.63, 3.8) is 0 Å². The lowest BCUT2D eigenvalue weighted by Crippen LogP contribution is -2.27. The minimum Gasteiger partial charge on any atom is -0.462 e. The second kappa shape index (κ2) is 4.27. The van der Waals surface area contributed by atoms with Gasteiger partial charge in [-0.3, -0.25) is 9.36 Å². The zero-order valence-corrected chi connectivity index (χ0v) is 10.6. The fraction of sp³-hybridized carbons (Fsp3) is 0.556. The van der Waals surface area contributed by atoms with E-state index in [0.717, 1.165) is 0 Å². The minimum absolute atomic E-state index is 0.217. The predicted octanol–water partition coefficient (Wildman–Crippen LogP) is 1.36. The Morgan fingerprint density at radius 2 is 2.50 bits per heavy atom. The van der Waals surface area contributed by atoms with E-state index < -0.39 is 0 Å². The molecule has 0 aromatic carbocycles. The van der Waals surface area contributed by atoms with E-state index >= 15 is 0 Å².